The minimum absolute atomic E-state index is 0.0519. The van der Waals surface area contributed by atoms with E-state index in [1.54, 1.807) is 0 Å². The number of amides is 1. The fourth-order valence-electron chi connectivity index (χ4n) is 3.91. The molecule has 0 aliphatic carbocycles. The number of aryl methyl sites for hydroxylation is 2. The minimum atomic E-state index is -0.0519. The molecule has 0 atom stereocenters. The van der Waals surface area contributed by atoms with Gasteiger partial charge in [-0.25, -0.2) is 0 Å². The first kappa shape index (κ1) is 21.4. The lowest BCUT2D eigenvalue weighted by Gasteiger charge is -2.22. The lowest BCUT2D eigenvalue weighted by atomic mass is 10.2. The zero-order chi connectivity index (χ0) is 21.6. The number of rotatable bonds is 6. The summed E-state index contributed by atoms with van der Waals surface area (Å²) >= 11 is 1.39. The van der Waals surface area contributed by atoms with Crippen molar-refractivity contribution in [2.45, 2.75) is 44.7 Å². The molecule has 2 heterocycles. The van der Waals surface area contributed by atoms with Gasteiger partial charge in [-0.3, -0.25) is 9.36 Å². The van der Waals surface area contributed by atoms with E-state index in [2.05, 4.69) is 51.6 Å². The van der Waals surface area contributed by atoms with Gasteiger partial charge >= 0.3 is 0 Å². The van der Waals surface area contributed by atoms with Crippen molar-refractivity contribution in [3.05, 3.63) is 59.9 Å². The van der Waals surface area contributed by atoms with Gasteiger partial charge in [0.25, 0.3) is 0 Å². The summed E-state index contributed by atoms with van der Waals surface area (Å²) in [6, 6.07) is 16.4. The fraction of sp³-hybridized carbons (Fsp3) is 0.375. The number of carbonyl (C=O) groups excluding carboxylic acids is 1. The first-order valence-corrected chi connectivity index (χ1v) is 11.9. The molecule has 1 fully saturated rings. The van der Waals surface area contributed by atoms with Crippen LogP contribution in [0.3, 0.4) is 0 Å². The standard InChI is InChI=1S/C24H29N5OS/c1-18-8-7-9-22(16-18)29-19(2)26-27-24(29)31-17-23(30)25-20-10-12-21(13-11-20)28-14-5-3-4-6-15-28/h7-13,16H,3-6,14-15,17H2,1-2H3,(H,25,30). The quantitative estimate of drug-likeness (QED) is 0.552. The molecule has 0 spiro atoms. The molecule has 6 nitrogen and oxygen atoms in total. The van der Waals surface area contributed by atoms with Crippen LogP contribution < -0.4 is 10.2 Å². The molecule has 3 aromatic rings. The van der Waals surface area contributed by atoms with Gasteiger partial charge in [-0.05, 0) is 68.7 Å². The van der Waals surface area contributed by atoms with E-state index in [4.69, 9.17) is 0 Å². The van der Waals surface area contributed by atoms with Crippen molar-refractivity contribution in [2.24, 2.45) is 0 Å². The summed E-state index contributed by atoms with van der Waals surface area (Å²) in [5.41, 5.74) is 4.23. The van der Waals surface area contributed by atoms with E-state index in [9.17, 15) is 4.79 Å². The SMILES string of the molecule is Cc1cccc(-n2c(C)nnc2SCC(=O)Nc2ccc(N3CCCCCC3)cc2)c1. The molecule has 1 N–H and O–H groups in total. The molecule has 0 unspecified atom stereocenters. The Labute approximate surface area is 188 Å². The number of thioether (sulfide) groups is 1. The molecule has 0 radical (unpaired) electrons. The van der Waals surface area contributed by atoms with Crippen molar-refractivity contribution in [1.29, 1.82) is 0 Å². The molecule has 1 amide bonds. The molecule has 0 saturated carbocycles. The highest BCUT2D eigenvalue weighted by Crippen LogP contribution is 2.24. The highest BCUT2D eigenvalue weighted by Gasteiger charge is 2.14. The molecule has 1 aromatic heterocycles. The van der Waals surface area contributed by atoms with Crippen LogP contribution in [0.5, 0.6) is 0 Å². The number of carbonyl (C=O) groups is 1. The number of hydrogen-bond donors (Lipinski definition) is 1. The van der Waals surface area contributed by atoms with Gasteiger partial charge in [0, 0.05) is 30.2 Å². The molecule has 0 bridgehead atoms. The van der Waals surface area contributed by atoms with Gasteiger partial charge < -0.3 is 10.2 Å². The van der Waals surface area contributed by atoms with Gasteiger partial charge in [-0.15, -0.1) is 10.2 Å². The third-order valence-electron chi connectivity index (χ3n) is 5.51. The van der Waals surface area contributed by atoms with Crippen LogP contribution in [0.15, 0.2) is 53.7 Å². The van der Waals surface area contributed by atoms with Crippen molar-refractivity contribution in [1.82, 2.24) is 14.8 Å². The van der Waals surface area contributed by atoms with Crippen LogP contribution in [0.4, 0.5) is 11.4 Å². The topological polar surface area (TPSA) is 63.1 Å². The van der Waals surface area contributed by atoms with Crippen molar-refractivity contribution in [2.75, 3.05) is 29.1 Å². The summed E-state index contributed by atoms with van der Waals surface area (Å²) in [6.45, 7) is 6.21. The molecule has 1 aliphatic heterocycles. The van der Waals surface area contributed by atoms with Crippen molar-refractivity contribution in [3.63, 3.8) is 0 Å². The Morgan fingerprint density at radius 3 is 2.42 bits per heavy atom. The summed E-state index contributed by atoms with van der Waals surface area (Å²) in [5, 5.41) is 12.2. The van der Waals surface area contributed by atoms with E-state index in [1.807, 2.05) is 35.8 Å². The second-order valence-corrected chi connectivity index (χ2v) is 8.93. The molecule has 4 rings (SSSR count). The number of benzene rings is 2. The smallest absolute Gasteiger partial charge is 0.234 e. The van der Waals surface area contributed by atoms with E-state index < -0.39 is 0 Å². The maximum atomic E-state index is 12.5. The van der Waals surface area contributed by atoms with Crippen LogP contribution in [0.2, 0.25) is 0 Å². The van der Waals surface area contributed by atoms with Crippen molar-refractivity contribution >= 4 is 29.0 Å². The molecule has 2 aromatic carbocycles. The zero-order valence-corrected chi connectivity index (χ0v) is 19.0. The fourth-order valence-corrected chi connectivity index (χ4v) is 4.71. The average molecular weight is 436 g/mol. The number of hydrogen-bond acceptors (Lipinski definition) is 5. The Balaban J connectivity index is 1.36. The average Bonchev–Trinajstić information content (AvgIpc) is 2.95. The summed E-state index contributed by atoms with van der Waals surface area (Å²) in [7, 11) is 0. The van der Waals surface area contributed by atoms with Gasteiger partial charge in [0.15, 0.2) is 5.16 Å². The largest absolute Gasteiger partial charge is 0.372 e. The normalized spacial score (nSPS) is 14.3. The van der Waals surface area contributed by atoms with Gasteiger partial charge in [-0.2, -0.15) is 0 Å². The lowest BCUT2D eigenvalue weighted by Crippen LogP contribution is -2.23. The van der Waals surface area contributed by atoms with Crippen LogP contribution in [0, 0.1) is 13.8 Å². The predicted octanol–water partition coefficient (Wildman–Crippen LogP) is 5.00. The molecule has 31 heavy (non-hydrogen) atoms. The second kappa shape index (κ2) is 10.0. The maximum absolute atomic E-state index is 12.5. The number of nitrogens with one attached hydrogen (secondary N) is 1. The van der Waals surface area contributed by atoms with Crippen LogP contribution >= 0.6 is 11.8 Å². The molecular formula is C24H29N5OS. The molecule has 7 heteroatoms. The summed E-state index contributed by atoms with van der Waals surface area (Å²) in [6.07, 6.45) is 5.14. The minimum Gasteiger partial charge on any atom is -0.372 e. The van der Waals surface area contributed by atoms with Crippen LogP contribution in [0.25, 0.3) is 5.69 Å². The maximum Gasteiger partial charge on any atom is 0.234 e. The first-order chi connectivity index (χ1) is 15.1. The van der Waals surface area contributed by atoms with Crippen LogP contribution in [-0.2, 0) is 4.79 Å². The van der Waals surface area contributed by atoms with Crippen molar-refractivity contribution < 1.29 is 4.79 Å². The number of aromatic nitrogens is 3. The molecule has 162 valence electrons. The third kappa shape index (κ3) is 5.47. The molecular weight excluding hydrogens is 406 g/mol. The Morgan fingerprint density at radius 1 is 0.968 bits per heavy atom. The van der Waals surface area contributed by atoms with E-state index in [0.717, 1.165) is 35.4 Å². The first-order valence-electron chi connectivity index (χ1n) is 10.9. The Bertz CT molecular complexity index is 1020. The summed E-state index contributed by atoms with van der Waals surface area (Å²) in [5.74, 6) is 1.03. The van der Waals surface area contributed by atoms with Crippen LogP contribution in [-0.4, -0.2) is 39.5 Å². The number of nitrogens with zero attached hydrogens (tertiary/aromatic N) is 4. The van der Waals surface area contributed by atoms with Gasteiger partial charge in [-0.1, -0.05) is 36.7 Å². The van der Waals surface area contributed by atoms with E-state index in [-0.39, 0.29) is 11.7 Å². The van der Waals surface area contributed by atoms with Crippen LogP contribution in [0.1, 0.15) is 37.1 Å². The van der Waals surface area contributed by atoms with Gasteiger partial charge in [0.2, 0.25) is 5.91 Å². The summed E-state index contributed by atoms with van der Waals surface area (Å²) in [4.78, 5) is 15.0. The molecule has 1 aliphatic rings. The Kier molecular flexibility index (Phi) is 6.92. The highest BCUT2D eigenvalue weighted by atomic mass is 32.2. The predicted molar refractivity (Wildman–Crippen MR) is 127 cm³/mol. The van der Waals surface area contributed by atoms with Gasteiger partial charge in [0.05, 0.1) is 5.75 Å². The monoisotopic (exact) mass is 435 g/mol. The van der Waals surface area contributed by atoms with E-state index >= 15 is 0 Å². The number of anilines is 2. The third-order valence-corrected chi connectivity index (χ3v) is 6.44. The van der Waals surface area contributed by atoms with Crippen molar-refractivity contribution in [3.8, 4) is 5.69 Å². The zero-order valence-electron chi connectivity index (χ0n) is 18.2. The van der Waals surface area contributed by atoms with E-state index in [1.165, 1.54) is 48.7 Å². The molecule has 1 saturated heterocycles. The lowest BCUT2D eigenvalue weighted by molar-refractivity contribution is -0.113. The summed E-state index contributed by atoms with van der Waals surface area (Å²) < 4.78 is 1.99. The Morgan fingerprint density at radius 2 is 1.71 bits per heavy atom. The van der Waals surface area contributed by atoms with E-state index in [0.29, 0.717) is 0 Å². The second-order valence-electron chi connectivity index (χ2n) is 7.99. The highest BCUT2D eigenvalue weighted by molar-refractivity contribution is 7.99. The Hall–Kier alpha value is -2.80. The van der Waals surface area contributed by atoms with Gasteiger partial charge in [0.1, 0.15) is 5.82 Å².